The normalized spacial score (nSPS) is 21.2. The molecule has 0 saturated carbocycles. The van der Waals surface area contributed by atoms with E-state index in [4.69, 9.17) is 4.74 Å². The lowest BCUT2D eigenvalue weighted by Crippen LogP contribution is -2.37. The van der Waals surface area contributed by atoms with Gasteiger partial charge in [-0.2, -0.15) is 9.40 Å². The van der Waals surface area contributed by atoms with Crippen molar-refractivity contribution in [3.63, 3.8) is 0 Å². The van der Waals surface area contributed by atoms with Crippen molar-refractivity contribution in [2.45, 2.75) is 30.9 Å². The summed E-state index contributed by atoms with van der Waals surface area (Å²) in [5.74, 6) is 0. The Morgan fingerprint density at radius 1 is 1.65 bits per heavy atom. The van der Waals surface area contributed by atoms with Crippen LogP contribution in [-0.2, 0) is 14.8 Å². The predicted octanol–water partition coefficient (Wildman–Crippen LogP) is 0.599. The molecular formula is C10H17N3O3S. The number of likely N-dealkylation sites (N-methyl/N-ethyl adjacent to an activating group) is 1. The number of hydrogen-bond donors (Lipinski definition) is 1. The fourth-order valence-electron chi connectivity index (χ4n) is 1.94. The smallest absolute Gasteiger partial charge is 0.260 e. The van der Waals surface area contributed by atoms with Crippen molar-refractivity contribution in [3.8, 4) is 0 Å². The molecule has 1 aliphatic rings. The van der Waals surface area contributed by atoms with E-state index in [0.717, 1.165) is 19.4 Å². The number of H-pyrrole nitrogens is 1. The minimum atomic E-state index is -3.46. The third-order valence-corrected chi connectivity index (χ3v) is 4.75. The van der Waals surface area contributed by atoms with E-state index >= 15 is 0 Å². The first-order valence-electron chi connectivity index (χ1n) is 5.75. The van der Waals surface area contributed by atoms with Gasteiger partial charge < -0.3 is 4.74 Å². The fourth-order valence-corrected chi connectivity index (χ4v) is 3.32. The highest BCUT2D eigenvalue weighted by molar-refractivity contribution is 7.89. The van der Waals surface area contributed by atoms with Crippen molar-refractivity contribution in [1.29, 1.82) is 0 Å². The van der Waals surface area contributed by atoms with Crippen molar-refractivity contribution in [2.24, 2.45) is 0 Å². The lowest BCUT2D eigenvalue weighted by atomic mass is 10.2. The Hall–Kier alpha value is -0.920. The van der Waals surface area contributed by atoms with Gasteiger partial charge in [0.1, 0.15) is 0 Å². The zero-order valence-electron chi connectivity index (χ0n) is 9.80. The van der Waals surface area contributed by atoms with Gasteiger partial charge in [-0.3, -0.25) is 5.10 Å². The van der Waals surface area contributed by atoms with E-state index in [9.17, 15) is 8.42 Å². The van der Waals surface area contributed by atoms with Crippen LogP contribution < -0.4 is 0 Å². The SMILES string of the molecule is CCN(CC1CCCO1)S(=O)(=O)c1ccn[nH]1. The molecule has 0 aromatic carbocycles. The highest BCUT2D eigenvalue weighted by Gasteiger charge is 2.28. The highest BCUT2D eigenvalue weighted by Crippen LogP contribution is 2.18. The van der Waals surface area contributed by atoms with Gasteiger partial charge in [0.05, 0.1) is 12.3 Å². The summed E-state index contributed by atoms with van der Waals surface area (Å²) in [4.78, 5) is 0. The standard InChI is InChI=1S/C10H17N3O3S/c1-2-13(8-9-4-3-7-16-9)17(14,15)10-5-6-11-12-10/h5-6,9H,2-4,7-8H2,1H3,(H,11,12). The van der Waals surface area contributed by atoms with Crippen LogP contribution in [0, 0.1) is 0 Å². The van der Waals surface area contributed by atoms with E-state index in [1.54, 1.807) is 0 Å². The van der Waals surface area contributed by atoms with Crippen LogP contribution in [0.1, 0.15) is 19.8 Å². The first-order chi connectivity index (χ1) is 8.14. The Bertz CT molecular complexity index is 437. The fraction of sp³-hybridized carbons (Fsp3) is 0.700. The summed E-state index contributed by atoms with van der Waals surface area (Å²) in [6, 6.07) is 1.47. The van der Waals surface area contributed by atoms with Crippen LogP contribution in [0.4, 0.5) is 0 Å². The Morgan fingerprint density at radius 2 is 2.47 bits per heavy atom. The highest BCUT2D eigenvalue weighted by atomic mass is 32.2. The second-order valence-corrected chi connectivity index (χ2v) is 5.92. The third-order valence-electron chi connectivity index (χ3n) is 2.88. The molecule has 2 heterocycles. The third kappa shape index (κ3) is 2.67. The Balaban J connectivity index is 2.12. The summed E-state index contributed by atoms with van der Waals surface area (Å²) in [7, 11) is -3.46. The molecule has 7 heteroatoms. The van der Waals surface area contributed by atoms with E-state index in [2.05, 4.69) is 10.2 Å². The number of ether oxygens (including phenoxy) is 1. The van der Waals surface area contributed by atoms with Gasteiger partial charge in [0.2, 0.25) is 0 Å². The maximum atomic E-state index is 12.2. The minimum Gasteiger partial charge on any atom is -0.377 e. The Morgan fingerprint density at radius 3 is 3.00 bits per heavy atom. The molecule has 1 N–H and O–H groups in total. The van der Waals surface area contributed by atoms with Crippen molar-refractivity contribution >= 4 is 10.0 Å². The van der Waals surface area contributed by atoms with E-state index in [1.807, 2.05) is 6.92 Å². The number of aromatic nitrogens is 2. The Labute approximate surface area is 101 Å². The molecule has 0 spiro atoms. The average Bonchev–Trinajstić information content (AvgIpc) is 2.98. The zero-order valence-corrected chi connectivity index (χ0v) is 10.6. The molecule has 1 aromatic heterocycles. The monoisotopic (exact) mass is 259 g/mol. The molecule has 1 fully saturated rings. The molecule has 2 rings (SSSR count). The van der Waals surface area contributed by atoms with Crippen LogP contribution in [0.5, 0.6) is 0 Å². The van der Waals surface area contributed by atoms with Crippen LogP contribution in [0.2, 0.25) is 0 Å². The number of nitrogens with one attached hydrogen (secondary N) is 1. The van der Waals surface area contributed by atoms with Gasteiger partial charge in [-0.15, -0.1) is 0 Å². The summed E-state index contributed by atoms with van der Waals surface area (Å²) in [6.45, 7) is 3.40. The molecule has 1 aliphatic heterocycles. The topological polar surface area (TPSA) is 75.3 Å². The molecule has 0 radical (unpaired) electrons. The van der Waals surface area contributed by atoms with E-state index in [0.29, 0.717) is 13.1 Å². The van der Waals surface area contributed by atoms with Gasteiger partial charge in [0.25, 0.3) is 10.0 Å². The summed E-state index contributed by atoms with van der Waals surface area (Å²) >= 11 is 0. The van der Waals surface area contributed by atoms with Crippen LogP contribution in [0.3, 0.4) is 0 Å². The van der Waals surface area contributed by atoms with E-state index in [1.165, 1.54) is 16.6 Å². The van der Waals surface area contributed by atoms with Crippen LogP contribution in [0.15, 0.2) is 17.3 Å². The minimum absolute atomic E-state index is 0.0210. The van der Waals surface area contributed by atoms with E-state index < -0.39 is 10.0 Å². The molecule has 1 saturated heterocycles. The van der Waals surface area contributed by atoms with Crippen molar-refractivity contribution in [1.82, 2.24) is 14.5 Å². The van der Waals surface area contributed by atoms with Gasteiger partial charge >= 0.3 is 0 Å². The predicted molar refractivity (Wildman–Crippen MR) is 62.0 cm³/mol. The molecule has 6 nitrogen and oxygen atoms in total. The summed E-state index contributed by atoms with van der Waals surface area (Å²) in [5.41, 5.74) is 0. The molecule has 17 heavy (non-hydrogen) atoms. The number of nitrogens with zero attached hydrogens (tertiary/aromatic N) is 2. The van der Waals surface area contributed by atoms with Gasteiger partial charge in [0, 0.05) is 19.7 Å². The largest absolute Gasteiger partial charge is 0.377 e. The van der Waals surface area contributed by atoms with Crippen LogP contribution >= 0.6 is 0 Å². The lowest BCUT2D eigenvalue weighted by molar-refractivity contribution is 0.0946. The Kier molecular flexibility index (Phi) is 3.80. The quantitative estimate of drug-likeness (QED) is 0.840. The first-order valence-corrected chi connectivity index (χ1v) is 7.19. The van der Waals surface area contributed by atoms with Gasteiger partial charge in [-0.1, -0.05) is 6.92 Å². The summed E-state index contributed by atoms with van der Waals surface area (Å²) in [5, 5.41) is 6.31. The van der Waals surface area contributed by atoms with Crippen LogP contribution in [-0.4, -0.2) is 48.7 Å². The van der Waals surface area contributed by atoms with Crippen molar-refractivity contribution in [2.75, 3.05) is 19.7 Å². The molecule has 0 bridgehead atoms. The molecule has 0 amide bonds. The van der Waals surface area contributed by atoms with E-state index in [-0.39, 0.29) is 11.1 Å². The number of sulfonamides is 1. The van der Waals surface area contributed by atoms with Gasteiger partial charge in [-0.25, -0.2) is 8.42 Å². The maximum Gasteiger partial charge on any atom is 0.260 e. The molecular weight excluding hydrogens is 242 g/mol. The second kappa shape index (κ2) is 5.16. The summed E-state index contributed by atoms with van der Waals surface area (Å²) in [6.07, 6.45) is 3.39. The number of aromatic amines is 1. The molecule has 1 aromatic rings. The number of hydrogen-bond acceptors (Lipinski definition) is 4. The van der Waals surface area contributed by atoms with Crippen molar-refractivity contribution < 1.29 is 13.2 Å². The lowest BCUT2D eigenvalue weighted by Gasteiger charge is -2.22. The van der Waals surface area contributed by atoms with Gasteiger partial charge in [0.15, 0.2) is 5.03 Å². The van der Waals surface area contributed by atoms with Crippen molar-refractivity contribution in [3.05, 3.63) is 12.3 Å². The molecule has 0 aliphatic carbocycles. The summed E-state index contributed by atoms with van der Waals surface area (Å²) < 4.78 is 31.3. The molecule has 1 atom stereocenters. The molecule has 1 unspecified atom stereocenters. The average molecular weight is 259 g/mol. The van der Waals surface area contributed by atoms with Crippen LogP contribution in [0.25, 0.3) is 0 Å². The first kappa shape index (κ1) is 12.5. The zero-order chi connectivity index (χ0) is 12.3. The molecule has 96 valence electrons. The second-order valence-electron chi connectivity index (χ2n) is 4.01. The maximum absolute atomic E-state index is 12.2. The number of rotatable bonds is 5. The van der Waals surface area contributed by atoms with Gasteiger partial charge in [-0.05, 0) is 18.9 Å².